The van der Waals surface area contributed by atoms with E-state index < -0.39 is 17.2 Å². The van der Waals surface area contributed by atoms with Crippen LogP contribution in [0.25, 0.3) is 0 Å². The summed E-state index contributed by atoms with van der Waals surface area (Å²) in [5.41, 5.74) is 0.0292. The van der Waals surface area contributed by atoms with Crippen molar-refractivity contribution in [3.05, 3.63) is 35.9 Å². The Balaban J connectivity index is 1.56. The van der Waals surface area contributed by atoms with Gasteiger partial charge in [-0.05, 0) is 130 Å². The second-order valence-electron chi connectivity index (χ2n) is 16.7. The summed E-state index contributed by atoms with van der Waals surface area (Å²) in [6.45, 7) is 15.5. The number of amides is 4. The quantitative estimate of drug-likeness (QED) is 0.142. The first-order valence-corrected chi connectivity index (χ1v) is 19.7. The maximum Gasteiger partial charge on any atom is 0.410 e. The van der Waals surface area contributed by atoms with Gasteiger partial charge in [0.25, 0.3) is 0 Å². The molecule has 0 saturated carbocycles. The molecule has 1 aromatic rings. The van der Waals surface area contributed by atoms with Crippen LogP contribution in [0.2, 0.25) is 0 Å². The number of carbonyl (C=O) groups is 5. The lowest BCUT2D eigenvalue weighted by Gasteiger charge is -2.34. The highest BCUT2D eigenvalue weighted by atomic mass is 16.6. The van der Waals surface area contributed by atoms with Crippen molar-refractivity contribution >= 4 is 30.0 Å². The molecule has 2 fully saturated rings. The maximum absolute atomic E-state index is 13.7. The van der Waals surface area contributed by atoms with Crippen LogP contribution < -0.4 is 10.6 Å². The SMILES string of the molecule is CCOC(=O)CC(CCc1ccccc1)NC(=O)CNC(=O)C(CCC1CCN(C(=O)OC(C)(C)C)CC1)CCC1CCN(C(=O)OC(C)(C)C)CC1. The van der Waals surface area contributed by atoms with Crippen LogP contribution in [0.1, 0.15) is 118 Å². The fourth-order valence-corrected chi connectivity index (χ4v) is 6.96. The Morgan fingerprint density at radius 3 is 1.70 bits per heavy atom. The molecule has 298 valence electrons. The normalized spacial score (nSPS) is 16.5. The Hall–Kier alpha value is -3.83. The van der Waals surface area contributed by atoms with Crippen molar-refractivity contribution < 1.29 is 38.2 Å². The molecule has 12 nitrogen and oxygen atoms in total. The van der Waals surface area contributed by atoms with Gasteiger partial charge in [0.2, 0.25) is 11.8 Å². The Morgan fingerprint density at radius 2 is 1.25 bits per heavy atom. The number of benzene rings is 1. The summed E-state index contributed by atoms with van der Waals surface area (Å²) in [5, 5.41) is 5.85. The average Bonchev–Trinajstić information content (AvgIpc) is 3.09. The van der Waals surface area contributed by atoms with Crippen LogP contribution in [0.15, 0.2) is 30.3 Å². The van der Waals surface area contributed by atoms with Gasteiger partial charge >= 0.3 is 18.2 Å². The number of aryl methyl sites for hydroxylation is 1. The molecule has 1 atom stereocenters. The first-order valence-electron chi connectivity index (χ1n) is 19.7. The van der Waals surface area contributed by atoms with Crippen molar-refractivity contribution in [3.8, 4) is 0 Å². The molecule has 2 aliphatic rings. The fourth-order valence-electron chi connectivity index (χ4n) is 6.96. The number of hydrogen-bond donors (Lipinski definition) is 2. The third kappa shape index (κ3) is 17.2. The number of nitrogens with one attached hydrogen (secondary N) is 2. The maximum atomic E-state index is 13.7. The topological polar surface area (TPSA) is 144 Å². The molecule has 2 saturated heterocycles. The number of esters is 1. The largest absolute Gasteiger partial charge is 0.466 e. The molecule has 2 N–H and O–H groups in total. The van der Waals surface area contributed by atoms with E-state index in [1.807, 2.05) is 71.9 Å². The molecule has 4 amide bonds. The Bertz CT molecular complexity index is 1260. The van der Waals surface area contributed by atoms with Gasteiger partial charge in [-0.3, -0.25) is 14.4 Å². The van der Waals surface area contributed by atoms with Gasteiger partial charge in [-0.1, -0.05) is 30.3 Å². The summed E-state index contributed by atoms with van der Waals surface area (Å²) in [4.78, 5) is 67.8. The van der Waals surface area contributed by atoms with Gasteiger partial charge < -0.3 is 34.6 Å². The zero-order valence-corrected chi connectivity index (χ0v) is 33.4. The number of nitrogens with zero attached hydrogens (tertiary/aromatic N) is 2. The van der Waals surface area contributed by atoms with Crippen molar-refractivity contribution in [2.75, 3.05) is 39.3 Å². The van der Waals surface area contributed by atoms with Crippen LogP contribution in [-0.2, 0) is 35.0 Å². The van der Waals surface area contributed by atoms with E-state index in [1.54, 1.807) is 16.7 Å². The number of rotatable bonds is 16. The lowest BCUT2D eigenvalue weighted by atomic mass is 9.84. The number of hydrogen-bond acceptors (Lipinski definition) is 8. The summed E-state index contributed by atoms with van der Waals surface area (Å²) >= 11 is 0. The molecule has 12 heteroatoms. The van der Waals surface area contributed by atoms with Crippen molar-refractivity contribution in [3.63, 3.8) is 0 Å². The molecule has 0 spiro atoms. The molecule has 2 heterocycles. The van der Waals surface area contributed by atoms with E-state index in [2.05, 4.69) is 10.6 Å². The Morgan fingerprint density at radius 1 is 0.755 bits per heavy atom. The number of carbonyl (C=O) groups excluding carboxylic acids is 5. The van der Waals surface area contributed by atoms with Crippen LogP contribution in [0.5, 0.6) is 0 Å². The molecule has 0 radical (unpaired) electrons. The molecular weight excluding hydrogens is 676 g/mol. The summed E-state index contributed by atoms with van der Waals surface area (Å²) < 4.78 is 16.3. The van der Waals surface area contributed by atoms with Crippen LogP contribution in [0.3, 0.4) is 0 Å². The van der Waals surface area contributed by atoms with Crippen LogP contribution in [0, 0.1) is 17.8 Å². The standard InChI is InChI=1S/C41H66N4O8/c1-8-51-36(47)28-34(19-16-30-12-10-9-11-13-30)43-35(46)29-42-37(48)33(17-14-31-20-24-44(25-21-31)38(49)52-40(2,3)4)18-15-32-22-26-45(27-23-32)39(50)53-41(5,6)7/h9-13,31-34H,8,14-29H2,1-7H3,(H,42,48)(H,43,46). The first kappa shape index (κ1) is 43.6. The summed E-state index contributed by atoms with van der Waals surface area (Å²) in [7, 11) is 0. The van der Waals surface area contributed by atoms with Crippen LogP contribution in [0.4, 0.5) is 9.59 Å². The van der Waals surface area contributed by atoms with Crippen LogP contribution in [-0.4, -0.2) is 96.3 Å². The zero-order valence-electron chi connectivity index (χ0n) is 33.4. The zero-order chi connectivity index (χ0) is 39.0. The van der Waals surface area contributed by atoms with E-state index in [1.165, 1.54) is 0 Å². The van der Waals surface area contributed by atoms with Gasteiger partial charge in [0.05, 0.1) is 19.6 Å². The van der Waals surface area contributed by atoms with E-state index in [4.69, 9.17) is 14.2 Å². The number of likely N-dealkylation sites (tertiary alicyclic amines) is 2. The second kappa shape index (κ2) is 21.2. The van der Waals surface area contributed by atoms with E-state index in [9.17, 15) is 24.0 Å². The van der Waals surface area contributed by atoms with E-state index >= 15 is 0 Å². The van der Waals surface area contributed by atoms with Crippen molar-refractivity contribution in [1.29, 1.82) is 0 Å². The van der Waals surface area contributed by atoms with Gasteiger partial charge in [0.1, 0.15) is 11.2 Å². The van der Waals surface area contributed by atoms with Gasteiger partial charge in [-0.15, -0.1) is 0 Å². The Kier molecular flexibility index (Phi) is 17.4. The van der Waals surface area contributed by atoms with Crippen molar-refractivity contribution in [1.82, 2.24) is 20.4 Å². The fraction of sp³-hybridized carbons (Fsp3) is 0.732. The summed E-state index contributed by atoms with van der Waals surface area (Å²) in [6, 6.07) is 9.46. The molecule has 2 aliphatic heterocycles. The summed E-state index contributed by atoms with van der Waals surface area (Å²) in [6.07, 6.45) is 7.22. The predicted molar refractivity (Wildman–Crippen MR) is 204 cm³/mol. The minimum atomic E-state index is -0.540. The highest BCUT2D eigenvalue weighted by molar-refractivity contribution is 5.86. The highest BCUT2D eigenvalue weighted by Crippen LogP contribution is 2.30. The van der Waals surface area contributed by atoms with E-state index in [0.717, 1.165) is 44.1 Å². The molecule has 0 aromatic heterocycles. The first-order chi connectivity index (χ1) is 25.0. The van der Waals surface area contributed by atoms with Gasteiger partial charge in [-0.25, -0.2) is 9.59 Å². The average molecular weight is 743 g/mol. The van der Waals surface area contributed by atoms with Gasteiger partial charge in [-0.2, -0.15) is 0 Å². The molecule has 3 rings (SSSR count). The Labute approximate surface area is 317 Å². The summed E-state index contributed by atoms with van der Waals surface area (Å²) in [5.74, 6) is -0.366. The molecule has 0 aliphatic carbocycles. The third-order valence-corrected chi connectivity index (χ3v) is 9.88. The number of ether oxygens (including phenoxy) is 3. The van der Waals surface area contributed by atoms with Gasteiger partial charge in [0, 0.05) is 38.1 Å². The third-order valence-electron chi connectivity index (χ3n) is 9.88. The molecule has 1 aromatic carbocycles. The molecule has 0 bridgehead atoms. The minimum Gasteiger partial charge on any atom is -0.466 e. The van der Waals surface area contributed by atoms with Gasteiger partial charge in [0.15, 0.2) is 0 Å². The smallest absolute Gasteiger partial charge is 0.410 e. The molecule has 53 heavy (non-hydrogen) atoms. The van der Waals surface area contributed by atoms with Crippen molar-refractivity contribution in [2.45, 2.75) is 136 Å². The minimum absolute atomic E-state index is 0.0580. The lowest BCUT2D eigenvalue weighted by Crippen LogP contribution is -2.44. The second-order valence-corrected chi connectivity index (χ2v) is 16.7. The predicted octanol–water partition coefficient (Wildman–Crippen LogP) is 6.64. The molecule has 1 unspecified atom stereocenters. The van der Waals surface area contributed by atoms with Crippen LogP contribution >= 0.6 is 0 Å². The molecular formula is C41H66N4O8. The number of piperidine rings is 2. The van der Waals surface area contributed by atoms with E-state index in [0.29, 0.717) is 63.7 Å². The van der Waals surface area contributed by atoms with Crippen molar-refractivity contribution in [2.24, 2.45) is 17.8 Å². The highest BCUT2D eigenvalue weighted by Gasteiger charge is 2.31. The van der Waals surface area contributed by atoms with E-state index in [-0.39, 0.29) is 55.5 Å². The monoisotopic (exact) mass is 742 g/mol. The lowest BCUT2D eigenvalue weighted by molar-refractivity contribution is -0.144.